The molecule has 2 aliphatic heterocycles. The maximum absolute atomic E-state index is 14.9. The number of rotatable bonds is 4. The summed E-state index contributed by atoms with van der Waals surface area (Å²) in [5.74, 6) is -0.512. The molecule has 0 aromatic heterocycles. The second-order valence-corrected chi connectivity index (χ2v) is 7.11. The quantitative estimate of drug-likeness (QED) is 0.872. The Morgan fingerprint density at radius 1 is 1.22 bits per heavy atom. The first-order chi connectivity index (χ1) is 13.1. The normalized spacial score (nSPS) is 22.5. The highest BCUT2D eigenvalue weighted by molar-refractivity contribution is 6.30. The van der Waals surface area contributed by atoms with Crippen LogP contribution in [-0.2, 0) is 15.3 Å². The third kappa shape index (κ3) is 2.93. The van der Waals surface area contributed by atoms with E-state index in [0.29, 0.717) is 48.0 Å². The summed E-state index contributed by atoms with van der Waals surface area (Å²) in [6, 6.07) is 11.7. The zero-order chi connectivity index (χ0) is 19.0. The molecule has 1 N–H and O–H groups in total. The van der Waals surface area contributed by atoms with Gasteiger partial charge in [-0.3, -0.25) is 9.69 Å². The van der Waals surface area contributed by atoms with Crippen LogP contribution in [0.4, 0.5) is 10.1 Å². The Kier molecular flexibility index (Phi) is 4.90. The first-order valence-electron chi connectivity index (χ1n) is 8.93. The van der Waals surface area contributed by atoms with Gasteiger partial charge >= 0.3 is 0 Å². The molecule has 0 spiro atoms. The van der Waals surface area contributed by atoms with Gasteiger partial charge in [-0.05, 0) is 30.7 Å². The zero-order valence-corrected chi connectivity index (χ0v) is 15.5. The van der Waals surface area contributed by atoms with E-state index < -0.39 is 11.5 Å². The third-order valence-electron chi connectivity index (χ3n) is 5.14. The fourth-order valence-electron chi connectivity index (χ4n) is 3.99. The lowest BCUT2D eigenvalue weighted by molar-refractivity contribution is -0.123. The predicted molar refractivity (Wildman–Crippen MR) is 100 cm³/mol. The molecule has 142 valence electrons. The number of amides is 1. The highest BCUT2D eigenvalue weighted by Gasteiger charge is 2.52. The molecule has 1 amide bonds. The van der Waals surface area contributed by atoms with E-state index in [-0.39, 0.29) is 19.1 Å². The fourth-order valence-corrected chi connectivity index (χ4v) is 4.16. The van der Waals surface area contributed by atoms with Crippen LogP contribution in [-0.4, -0.2) is 48.8 Å². The summed E-state index contributed by atoms with van der Waals surface area (Å²) in [4.78, 5) is 16.5. The van der Waals surface area contributed by atoms with Crippen molar-refractivity contribution in [3.8, 4) is 0 Å². The van der Waals surface area contributed by atoms with Crippen molar-refractivity contribution >= 4 is 23.2 Å². The minimum absolute atomic E-state index is 0.0224. The number of nitrogens with zero attached hydrogens (tertiary/aromatic N) is 2. The number of aliphatic hydroxyl groups is 1. The molecule has 1 unspecified atom stereocenters. The van der Waals surface area contributed by atoms with Gasteiger partial charge in [-0.1, -0.05) is 29.8 Å². The van der Waals surface area contributed by atoms with E-state index in [4.69, 9.17) is 16.3 Å². The van der Waals surface area contributed by atoms with Crippen LogP contribution in [0, 0.1) is 5.82 Å². The molecule has 0 saturated carbocycles. The van der Waals surface area contributed by atoms with Crippen molar-refractivity contribution in [2.24, 2.45) is 0 Å². The average Bonchev–Trinajstić information content (AvgIpc) is 3.03. The molecule has 7 heteroatoms. The van der Waals surface area contributed by atoms with Crippen molar-refractivity contribution in [2.75, 3.05) is 37.7 Å². The van der Waals surface area contributed by atoms with Gasteiger partial charge in [0.05, 0.1) is 18.8 Å². The molecule has 2 aliphatic rings. The van der Waals surface area contributed by atoms with Crippen molar-refractivity contribution in [1.82, 2.24) is 4.90 Å². The van der Waals surface area contributed by atoms with Crippen LogP contribution in [0.5, 0.6) is 0 Å². The predicted octanol–water partition coefficient (Wildman–Crippen LogP) is 2.74. The smallest absolute Gasteiger partial charge is 0.241 e. The summed E-state index contributed by atoms with van der Waals surface area (Å²) < 4.78 is 21.0. The minimum Gasteiger partial charge on any atom is -0.396 e. The molecule has 4 rings (SSSR count). The number of carbonyl (C=O) groups excluding carboxylic acids is 1. The van der Waals surface area contributed by atoms with Crippen molar-refractivity contribution in [2.45, 2.75) is 12.1 Å². The Balaban J connectivity index is 1.98. The average molecular weight is 391 g/mol. The molecule has 1 fully saturated rings. The zero-order valence-electron chi connectivity index (χ0n) is 14.7. The lowest BCUT2D eigenvalue weighted by atomic mass is 9.91. The summed E-state index contributed by atoms with van der Waals surface area (Å²) in [6.07, 6.45) is 0.446. The van der Waals surface area contributed by atoms with Crippen molar-refractivity contribution < 1.29 is 19.0 Å². The van der Waals surface area contributed by atoms with Gasteiger partial charge in [-0.15, -0.1) is 0 Å². The van der Waals surface area contributed by atoms with Crippen molar-refractivity contribution in [3.63, 3.8) is 0 Å². The molecule has 2 heterocycles. The van der Waals surface area contributed by atoms with Crippen molar-refractivity contribution in [1.29, 1.82) is 0 Å². The second kappa shape index (κ2) is 7.20. The van der Waals surface area contributed by atoms with E-state index in [0.717, 1.165) is 0 Å². The molecule has 0 radical (unpaired) electrons. The van der Waals surface area contributed by atoms with Crippen LogP contribution in [0.25, 0.3) is 0 Å². The van der Waals surface area contributed by atoms with Gasteiger partial charge in [0, 0.05) is 35.8 Å². The number of carbonyl (C=O) groups is 1. The summed E-state index contributed by atoms with van der Waals surface area (Å²) in [6.45, 7) is 1.31. The van der Waals surface area contributed by atoms with Crippen LogP contribution >= 0.6 is 11.6 Å². The number of ether oxygens (including phenoxy) is 1. The van der Waals surface area contributed by atoms with Crippen LogP contribution in [0.2, 0.25) is 5.02 Å². The highest BCUT2D eigenvalue weighted by Crippen LogP contribution is 2.47. The van der Waals surface area contributed by atoms with Gasteiger partial charge in [0.1, 0.15) is 5.82 Å². The third-order valence-corrected chi connectivity index (χ3v) is 5.37. The van der Waals surface area contributed by atoms with Gasteiger partial charge in [-0.2, -0.15) is 0 Å². The van der Waals surface area contributed by atoms with E-state index >= 15 is 0 Å². The van der Waals surface area contributed by atoms with Crippen LogP contribution in [0.3, 0.4) is 0 Å². The number of halogens is 2. The van der Waals surface area contributed by atoms with E-state index in [1.54, 1.807) is 41.3 Å². The summed E-state index contributed by atoms with van der Waals surface area (Å²) >= 11 is 6.29. The highest BCUT2D eigenvalue weighted by atomic mass is 35.5. The molecule has 1 atom stereocenters. The maximum Gasteiger partial charge on any atom is 0.241 e. The SMILES string of the molecule is O=C1CN2CCOC2(c2ccccc2F)c2cc(Cl)ccc2N1CCCO. The Morgan fingerprint density at radius 3 is 2.81 bits per heavy atom. The summed E-state index contributed by atoms with van der Waals surface area (Å²) in [5.41, 5.74) is 0.421. The Bertz CT molecular complexity index is 878. The van der Waals surface area contributed by atoms with E-state index in [1.165, 1.54) is 6.07 Å². The van der Waals surface area contributed by atoms with Gasteiger partial charge in [0.25, 0.3) is 0 Å². The van der Waals surface area contributed by atoms with Gasteiger partial charge in [0.2, 0.25) is 5.91 Å². The van der Waals surface area contributed by atoms with E-state index in [1.807, 2.05) is 4.90 Å². The number of fused-ring (bicyclic) bond motifs is 3. The number of aliphatic hydroxyl groups excluding tert-OH is 1. The molecular formula is C20H20ClFN2O3. The molecule has 0 aliphatic carbocycles. The number of benzene rings is 2. The second-order valence-electron chi connectivity index (χ2n) is 6.68. The number of anilines is 1. The minimum atomic E-state index is -1.21. The Labute approximate surface area is 161 Å². The molecule has 2 aromatic carbocycles. The first-order valence-corrected chi connectivity index (χ1v) is 9.31. The van der Waals surface area contributed by atoms with Crippen LogP contribution in [0.1, 0.15) is 17.5 Å². The first kappa shape index (κ1) is 18.4. The fraction of sp³-hybridized carbons (Fsp3) is 0.350. The summed E-state index contributed by atoms with van der Waals surface area (Å²) in [5, 5.41) is 9.71. The van der Waals surface area contributed by atoms with Gasteiger partial charge < -0.3 is 14.7 Å². The van der Waals surface area contributed by atoms with Gasteiger partial charge in [0.15, 0.2) is 5.72 Å². The lowest BCUT2D eigenvalue weighted by Gasteiger charge is -2.37. The molecule has 5 nitrogen and oxygen atoms in total. The molecule has 27 heavy (non-hydrogen) atoms. The van der Waals surface area contributed by atoms with Crippen molar-refractivity contribution in [3.05, 3.63) is 64.4 Å². The topological polar surface area (TPSA) is 53.0 Å². The van der Waals surface area contributed by atoms with E-state index in [9.17, 15) is 14.3 Å². The van der Waals surface area contributed by atoms with E-state index in [2.05, 4.69) is 0 Å². The number of hydrogen-bond donors (Lipinski definition) is 1. The Hall–Kier alpha value is -1.99. The molecular weight excluding hydrogens is 371 g/mol. The monoisotopic (exact) mass is 390 g/mol. The standard InChI is InChI=1S/C20H20ClFN2O3/c21-14-6-7-18-16(12-14)20(15-4-1-2-5-17(15)22)23(9-11-27-20)13-19(26)24(18)8-3-10-25/h1-2,4-7,12,25H,3,8-11,13H2. The number of hydrogen-bond acceptors (Lipinski definition) is 4. The molecule has 2 aromatic rings. The van der Waals surface area contributed by atoms with Crippen LogP contribution < -0.4 is 4.90 Å². The maximum atomic E-state index is 14.9. The Morgan fingerprint density at radius 2 is 2.04 bits per heavy atom. The molecule has 0 bridgehead atoms. The van der Waals surface area contributed by atoms with Crippen LogP contribution in [0.15, 0.2) is 42.5 Å². The lowest BCUT2D eigenvalue weighted by Crippen LogP contribution is -2.46. The largest absolute Gasteiger partial charge is 0.396 e. The van der Waals surface area contributed by atoms with Gasteiger partial charge in [-0.25, -0.2) is 4.39 Å². The summed E-state index contributed by atoms with van der Waals surface area (Å²) in [7, 11) is 0. The molecule has 1 saturated heterocycles.